The number of halogens is 1. The average molecular weight is 442 g/mol. The fraction of sp³-hybridized carbons (Fsp3) is 0.364. The first-order valence-corrected chi connectivity index (χ1v) is 10.3. The van der Waals surface area contributed by atoms with Gasteiger partial charge in [-0.3, -0.25) is 14.4 Å². The number of amides is 3. The average Bonchev–Trinajstić information content (AvgIpc) is 3.30. The summed E-state index contributed by atoms with van der Waals surface area (Å²) in [4.78, 5) is 44.0. The predicted octanol–water partition coefficient (Wildman–Crippen LogP) is 1.51. The molecule has 2 aromatic rings. The van der Waals surface area contributed by atoms with Gasteiger partial charge in [0.1, 0.15) is 18.1 Å². The van der Waals surface area contributed by atoms with Gasteiger partial charge in [0.05, 0.1) is 19.3 Å². The van der Waals surface area contributed by atoms with Crippen LogP contribution in [0.25, 0.3) is 0 Å². The molecular formula is C22H23FN4O5. The first-order chi connectivity index (χ1) is 15.4. The molecule has 10 heteroatoms. The van der Waals surface area contributed by atoms with Crippen molar-refractivity contribution in [2.75, 3.05) is 31.6 Å². The zero-order valence-corrected chi connectivity index (χ0v) is 17.8. The number of benzene rings is 1. The van der Waals surface area contributed by atoms with Gasteiger partial charge in [0, 0.05) is 42.9 Å². The monoisotopic (exact) mass is 442 g/mol. The molecule has 9 nitrogen and oxygen atoms in total. The first kappa shape index (κ1) is 21.5. The van der Waals surface area contributed by atoms with Crippen LogP contribution in [0.1, 0.15) is 29.3 Å². The van der Waals surface area contributed by atoms with Gasteiger partial charge in [0.15, 0.2) is 6.10 Å². The molecule has 3 heterocycles. The molecule has 0 radical (unpaired) electrons. The van der Waals surface area contributed by atoms with Gasteiger partial charge in [-0.25, -0.2) is 9.37 Å². The number of nitrogens with zero attached hydrogens (tertiary/aromatic N) is 3. The van der Waals surface area contributed by atoms with Crippen LogP contribution in [0, 0.1) is 5.82 Å². The number of carbonyl (C=O) groups is 3. The quantitative estimate of drug-likeness (QED) is 0.698. The summed E-state index contributed by atoms with van der Waals surface area (Å²) in [7, 11) is 1.47. The van der Waals surface area contributed by atoms with Gasteiger partial charge in [0.2, 0.25) is 11.8 Å². The molecule has 1 aromatic carbocycles. The lowest BCUT2D eigenvalue weighted by Gasteiger charge is -2.18. The van der Waals surface area contributed by atoms with Crippen molar-refractivity contribution in [2.24, 2.45) is 0 Å². The fourth-order valence-corrected chi connectivity index (χ4v) is 3.80. The van der Waals surface area contributed by atoms with Crippen molar-refractivity contribution in [3.8, 4) is 11.6 Å². The second kappa shape index (κ2) is 8.81. The third-order valence-corrected chi connectivity index (χ3v) is 5.41. The number of anilines is 1. The maximum absolute atomic E-state index is 14.8. The minimum Gasteiger partial charge on any atom is -0.479 e. The SMILES string of the molecule is CCOc1ccc(O[C@@H]2CCN(c3cc(F)c4c(c3)C(=O)N(CC(=O)NC)C4)C2=O)cn1. The van der Waals surface area contributed by atoms with Crippen LogP contribution in [0.2, 0.25) is 0 Å². The maximum atomic E-state index is 14.8. The molecule has 0 bridgehead atoms. The van der Waals surface area contributed by atoms with Crippen LogP contribution >= 0.6 is 0 Å². The number of carbonyl (C=O) groups excluding carboxylic acids is 3. The molecule has 2 aliphatic heterocycles. The van der Waals surface area contributed by atoms with Gasteiger partial charge in [-0.2, -0.15) is 0 Å². The zero-order valence-electron chi connectivity index (χ0n) is 17.8. The summed E-state index contributed by atoms with van der Waals surface area (Å²) in [6.07, 6.45) is 1.14. The Morgan fingerprint density at radius 1 is 1.31 bits per heavy atom. The van der Waals surface area contributed by atoms with Crippen LogP contribution < -0.4 is 19.7 Å². The lowest BCUT2D eigenvalue weighted by atomic mass is 10.1. The summed E-state index contributed by atoms with van der Waals surface area (Å²) in [6, 6.07) is 6.07. The van der Waals surface area contributed by atoms with Crippen LogP contribution in [0.3, 0.4) is 0 Å². The minimum absolute atomic E-state index is 0.0120. The topological polar surface area (TPSA) is 101 Å². The molecule has 0 saturated carbocycles. The molecule has 0 spiro atoms. The summed E-state index contributed by atoms with van der Waals surface area (Å²) in [5.74, 6) is -0.810. The summed E-state index contributed by atoms with van der Waals surface area (Å²) < 4.78 is 25.8. The molecular weight excluding hydrogens is 419 g/mol. The standard InChI is InChI=1S/C22H23FN4O5/c1-3-31-20-5-4-14(10-25-20)32-18-6-7-27(22(18)30)13-8-15-16(17(23)9-13)11-26(21(15)29)12-19(28)24-2/h4-5,8-10,18H,3,6-7,11-12H2,1-2H3,(H,24,28)/t18-/m1/s1. The van der Waals surface area contributed by atoms with Gasteiger partial charge in [0.25, 0.3) is 11.8 Å². The zero-order chi connectivity index (χ0) is 22.8. The normalized spacial score (nSPS) is 17.5. The van der Waals surface area contributed by atoms with E-state index in [4.69, 9.17) is 9.47 Å². The molecule has 1 saturated heterocycles. The molecule has 3 amide bonds. The number of pyridine rings is 1. The second-order valence-electron chi connectivity index (χ2n) is 7.44. The van der Waals surface area contributed by atoms with Gasteiger partial charge >= 0.3 is 0 Å². The number of rotatable bonds is 7. The number of nitrogens with one attached hydrogen (secondary N) is 1. The van der Waals surface area contributed by atoms with Gasteiger partial charge in [-0.05, 0) is 25.1 Å². The number of aromatic nitrogens is 1. The highest BCUT2D eigenvalue weighted by Gasteiger charge is 2.37. The maximum Gasteiger partial charge on any atom is 0.268 e. The van der Waals surface area contributed by atoms with Crippen molar-refractivity contribution in [1.82, 2.24) is 15.2 Å². The molecule has 32 heavy (non-hydrogen) atoms. The van der Waals surface area contributed by atoms with E-state index < -0.39 is 17.8 Å². The van der Waals surface area contributed by atoms with E-state index in [1.807, 2.05) is 6.92 Å². The van der Waals surface area contributed by atoms with Crippen LogP contribution in [0.4, 0.5) is 10.1 Å². The van der Waals surface area contributed by atoms with E-state index in [0.29, 0.717) is 31.2 Å². The molecule has 1 aromatic heterocycles. The van der Waals surface area contributed by atoms with Gasteiger partial charge in [-0.1, -0.05) is 0 Å². The summed E-state index contributed by atoms with van der Waals surface area (Å²) in [5, 5.41) is 2.45. The second-order valence-corrected chi connectivity index (χ2v) is 7.44. The number of fused-ring (bicyclic) bond motifs is 1. The lowest BCUT2D eigenvalue weighted by molar-refractivity contribution is -0.123. The van der Waals surface area contributed by atoms with E-state index in [9.17, 15) is 18.8 Å². The van der Waals surface area contributed by atoms with E-state index in [0.717, 1.165) is 0 Å². The molecule has 1 atom stereocenters. The summed E-state index contributed by atoms with van der Waals surface area (Å²) in [6.45, 7) is 2.52. The Balaban J connectivity index is 1.48. The molecule has 168 valence electrons. The first-order valence-electron chi connectivity index (χ1n) is 10.3. The highest BCUT2D eigenvalue weighted by atomic mass is 19.1. The van der Waals surface area contributed by atoms with Gasteiger partial charge in [-0.15, -0.1) is 0 Å². The Morgan fingerprint density at radius 3 is 2.81 bits per heavy atom. The van der Waals surface area contributed by atoms with E-state index in [1.165, 1.54) is 35.2 Å². The predicted molar refractivity (Wildman–Crippen MR) is 112 cm³/mol. The minimum atomic E-state index is -0.744. The Labute approximate surface area is 184 Å². The fourth-order valence-electron chi connectivity index (χ4n) is 3.80. The Morgan fingerprint density at radius 2 is 2.12 bits per heavy atom. The largest absolute Gasteiger partial charge is 0.479 e. The Kier molecular flexibility index (Phi) is 5.93. The van der Waals surface area contributed by atoms with Crippen molar-refractivity contribution >= 4 is 23.4 Å². The third-order valence-electron chi connectivity index (χ3n) is 5.41. The van der Waals surface area contributed by atoms with Crippen molar-refractivity contribution in [3.05, 3.63) is 47.4 Å². The van der Waals surface area contributed by atoms with Gasteiger partial charge < -0.3 is 24.6 Å². The number of hydrogen-bond donors (Lipinski definition) is 1. The number of likely N-dealkylation sites (N-methyl/N-ethyl adjacent to an activating group) is 1. The summed E-state index contributed by atoms with van der Waals surface area (Å²) >= 11 is 0. The Hall–Kier alpha value is -3.69. The van der Waals surface area contributed by atoms with E-state index >= 15 is 0 Å². The van der Waals surface area contributed by atoms with Crippen molar-refractivity contribution in [3.63, 3.8) is 0 Å². The lowest BCUT2D eigenvalue weighted by Crippen LogP contribution is -2.35. The number of hydrogen-bond acceptors (Lipinski definition) is 6. The van der Waals surface area contributed by atoms with Crippen molar-refractivity contribution < 1.29 is 28.2 Å². The van der Waals surface area contributed by atoms with E-state index in [1.54, 1.807) is 12.1 Å². The van der Waals surface area contributed by atoms with Crippen molar-refractivity contribution in [1.29, 1.82) is 0 Å². The molecule has 1 fully saturated rings. The molecule has 2 aliphatic rings. The van der Waals surface area contributed by atoms with Crippen molar-refractivity contribution in [2.45, 2.75) is 26.0 Å². The Bertz CT molecular complexity index is 1060. The third kappa shape index (κ3) is 4.08. The summed E-state index contributed by atoms with van der Waals surface area (Å²) in [5.41, 5.74) is 0.677. The molecule has 1 N–H and O–H groups in total. The van der Waals surface area contributed by atoms with E-state index in [2.05, 4.69) is 10.3 Å². The molecule has 4 rings (SSSR count). The molecule has 0 unspecified atom stereocenters. The smallest absolute Gasteiger partial charge is 0.268 e. The van der Waals surface area contributed by atoms with Crippen LogP contribution in [0.15, 0.2) is 30.5 Å². The molecule has 0 aliphatic carbocycles. The van der Waals surface area contributed by atoms with Crippen LogP contribution in [-0.2, 0) is 16.1 Å². The van der Waals surface area contributed by atoms with E-state index in [-0.39, 0.29) is 41.7 Å². The number of ether oxygens (including phenoxy) is 2. The highest BCUT2D eigenvalue weighted by molar-refractivity contribution is 6.03. The van der Waals surface area contributed by atoms with Crippen LogP contribution in [-0.4, -0.2) is 60.5 Å². The highest BCUT2D eigenvalue weighted by Crippen LogP contribution is 2.32. The van der Waals surface area contributed by atoms with Crippen LogP contribution in [0.5, 0.6) is 11.6 Å².